The summed E-state index contributed by atoms with van der Waals surface area (Å²) in [5.74, 6) is 0. The number of nitrogens with one attached hydrogen (secondary N) is 1. The molecule has 0 heterocycles. The van der Waals surface area contributed by atoms with Gasteiger partial charge in [0, 0.05) is 19.6 Å². The zero-order chi connectivity index (χ0) is 13.5. The van der Waals surface area contributed by atoms with Crippen LogP contribution in [0.3, 0.4) is 0 Å². The zero-order valence-electron chi connectivity index (χ0n) is 10.4. The van der Waals surface area contributed by atoms with Crippen molar-refractivity contribution in [2.24, 2.45) is 0 Å². The topological polar surface area (TPSA) is 99.1 Å². The van der Waals surface area contributed by atoms with Crippen LogP contribution in [0.1, 0.15) is 20.8 Å². The molecule has 7 nitrogen and oxygen atoms in total. The van der Waals surface area contributed by atoms with Gasteiger partial charge in [0.25, 0.3) is 0 Å². The fourth-order valence-electron chi connectivity index (χ4n) is 1.03. The van der Waals surface area contributed by atoms with Gasteiger partial charge in [-0.25, -0.2) is 9.59 Å². The Morgan fingerprint density at radius 2 is 1.88 bits per heavy atom. The van der Waals surface area contributed by atoms with Gasteiger partial charge in [-0.1, -0.05) is 0 Å². The fourth-order valence-corrected chi connectivity index (χ4v) is 1.03. The van der Waals surface area contributed by atoms with Crippen molar-refractivity contribution >= 4 is 12.2 Å². The lowest BCUT2D eigenvalue weighted by molar-refractivity contribution is 0.0519. The smallest absolute Gasteiger partial charge is 0.407 e. The molecule has 0 aliphatic carbocycles. The molecule has 0 aromatic rings. The summed E-state index contributed by atoms with van der Waals surface area (Å²) in [6, 6.07) is 0. The van der Waals surface area contributed by atoms with E-state index in [9.17, 15) is 9.59 Å². The fraction of sp³-hybridized carbons (Fsp3) is 0.800. The van der Waals surface area contributed by atoms with Crippen LogP contribution in [0.5, 0.6) is 0 Å². The van der Waals surface area contributed by atoms with Gasteiger partial charge in [-0.15, -0.1) is 0 Å². The number of aliphatic hydroxyl groups is 1. The van der Waals surface area contributed by atoms with Crippen LogP contribution >= 0.6 is 0 Å². The first kappa shape index (κ1) is 15.5. The molecule has 100 valence electrons. The number of amides is 2. The Balaban J connectivity index is 3.88. The minimum atomic E-state index is -1.13. The van der Waals surface area contributed by atoms with Crippen LogP contribution in [0, 0.1) is 0 Å². The number of carbonyl (C=O) groups excluding carboxylic acids is 1. The number of hydrogen-bond acceptors (Lipinski definition) is 4. The molecule has 0 aliphatic heterocycles. The molecule has 0 spiro atoms. The van der Waals surface area contributed by atoms with Crippen molar-refractivity contribution in [1.29, 1.82) is 0 Å². The second kappa shape index (κ2) is 6.95. The molecule has 0 aromatic carbocycles. The quantitative estimate of drug-likeness (QED) is 0.657. The van der Waals surface area contributed by atoms with E-state index in [1.165, 1.54) is 0 Å². The number of rotatable bonds is 5. The van der Waals surface area contributed by atoms with Crippen LogP contribution in [0.15, 0.2) is 0 Å². The summed E-state index contributed by atoms with van der Waals surface area (Å²) in [4.78, 5) is 22.9. The minimum Gasteiger partial charge on any atom is -0.465 e. The maximum Gasteiger partial charge on any atom is 0.407 e. The minimum absolute atomic E-state index is 0.0192. The van der Waals surface area contributed by atoms with E-state index in [0.717, 1.165) is 4.90 Å². The standard InChI is InChI=1S/C10H20N2O5/c1-10(2,3)17-8(14)11-4-5-12(6-7-13)9(15)16/h13H,4-7H2,1-3H3,(H,11,14)(H,15,16). The summed E-state index contributed by atoms with van der Waals surface area (Å²) in [7, 11) is 0. The number of nitrogens with zero attached hydrogens (tertiary/aromatic N) is 1. The summed E-state index contributed by atoms with van der Waals surface area (Å²) in [5, 5.41) is 19.8. The number of carboxylic acid groups (broad SMARTS) is 1. The van der Waals surface area contributed by atoms with E-state index >= 15 is 0 Å². The third-order valence-electron chi connectivity index (χ3n) is 1.69. The second-order valence-corrected chi connectivity index (χ2v) is 4.42. The van der Waals surface area contributed by atoms with E-state index in [0.29, 0.717) is 0 Å². The van der Waals surface area contributed by atoms with E-state index in [4.69, 9.17) is 14.9 Å². The van der Waals surface area contributed by atoms with Gasteiger partial charge in [0.2, 0.25) is 0 Å². The molecule has 0 radical (unpaired) electrons. The van der Waals surface area contributed by atoms with Gasteiger partial charge in [0.05, 0.1) is 6.61 Å². The Kier molecular flexibility index (Phi) is 6.34. The Labute approximate surface area is 100 Å². The Hall–Kier alpha value is -1.50. The zero-order valence-corrected chi connectivity index (χ0v) is 10.4. The molecule has 0 atom stereocenters. The molecular weight excluding hydrogens is 228 g/mol. The van der Waals surface area contributed by atoms with Crippen molar-refractivity contribution in [3.63, 3.8) is 0 Å². The van der Waals surface area contributed by atoms with Gasteiger partial charge < -0.3 is 25.2 Å². The first-order valence-electron chi connectivity index (χ1n) is 5.32. The maximum absolute atomic E-state index is 11.2. The summed E-state index contributed by atoms with van der Waals surface area (Å²) in [5.41, 5.74) is -0.582. The maximum atomic E-state index is 11.2. The Morgan fingerprint density at radius 1 is 1.29 bits per heavy atom. The van der Waals surface area contributed by atoms with Crippen molar-refractivity contribution in [3.05, 3.63) is 0 Å². The highest BCUT2D eigenvalue weighted by atomic mass is 16.6. The molecule has 3 N–H and O–H groups in total. The van der Waals surface area contributed by atoms with Gasteiger partial charge in [-0.2, -0.15) is 0 Å². The van der Waals surface area contributed by atoms with Crippen LogP contribution in [0.2, 0.25) is 0 Å². The van der Waals surface area contributed by atoms with Crippen LogP contribution in [0.25, 0.3) is 0 Å². The third-order valence-corrected chi connectivity index (χ3v) is 1.69. The number of alkyl carbamates (subject to hydrolysis) is 1. The number of aliphatic hydroxyl groups excluding tert-OH is 1. The lowest BCUT2D eigenvalue weighted by atomic mass is 10.2. The monoisotopic (exact) mass is 248 g/mol. The van der Waals surface area contributed by atoms with Crippen molar-refractivity contribution in [3.8, 4) is 0 Å². The van der Waals surface area contributed by atoms with Crippen LogP contribution in [-0.4, -0.2) is 59.1 Å². The number of carbonyl (C=O) groups is 2. The average Bonchev–Trinajstić information content (AvgIpc) is 2.13. The van der Waals surface area contributed by atoms with E-state index in [1.54, 1.807) is 20.8 Å². The van der Waals surface area contributed by atoms with Crippen LogP contribution in [0.4, 0.5) is 9.59 Å². The van der Waals surface area contributed by atoms with Crippen molar-refractivity contribution in [2.75, 3.05) is 26.2 Å². The highest BCUT2D eigenvalue weighted by Gasteiger charge is 2.16. The first-order chi connectivity index (χ1) is 7.76. The van der Waals surface area contributed by atoms with Crippen LogP contribution < -0.4 is 5.32 Å². The average molecular weight is 248 g/mol. The molecule has 0 fully saturated rings. The normalized spacial score (nSPS) is 10.8. The van der Waals surface area contributed by atoms with Gasteiger partial charge in [0.1, 0.15) is 5.60 Å². The Morgan fingerprint density at radius 3 is 2.29 bits per heavy atom. The van der Waals surface area contributed by atoms with E-state index in [2.05, 4.69) is 5.32 Å². The van der Waals surface area contributed by atoms with E-state index < -0.39 is 17.8 Å². The Bertz CT molecular complexity index is 262. The van der Waals surface area contributed by atoms with Gasteiger partial charge in [0.15, 0.2) is 0 Å². The third kappa shape index (κ3) is 8.32. The summed E-state index contributed by atoms with van der Waals surface area (Å²) >= 11 is 0. The highest BCUT2D eigenvalue weighted by molar-refractivity contribution is 5.68. The lowest BCUT2D eigenvalue weighted by Crippen LogP contribution is -2.40. The molecule has 0 bridgehead atoms. The van der Waals surface area contributed by atoms with Crippen molar-refractivity contribution < 1.29 is 24.5 Å². The molecular formula is C10H20N2O5. The van der Waals surface area contributed by atoms with Crippen molar-refractivity contribution in [2.45, 2.75) is 26.4 Å². The highest BCUT2D eigenvalue weighted by Crippen LogP contribution is 2.06. The van der Waals surface area contributed by atoms with E-state index in [-0.39, 0.29) is 26.2 Å². The van der Waals surface area contributed by atoms with Crippen molar-refractivity contribution in [1.82, 2.24) is 10.2 Å². The molecule has 0 saturated heterocycles. The number of ether oxygens (including phenoxy) is 1. The molecule has 7 heteroatoms. The largest absolute Gasteiger partial charge is 0.465 e. The molecule has 0 saturated carbocycles. The second-order valence-electron chi connectivity index (χ2n) is 4.42. The lowest BCUT2D eigenvalue weighted by Gasteiger charge is -2.21. The summed E-state index contributed by atoms with van der Waals surface area (Å²) in [6.45, 7) is 5.23. The molecule has 0 unspecified atom stereocenters. The molecule has 0 aliphatic rings. The first-order valence-corrected chi connectivity index (χ1v) is 5.32. The molecule has 2 amide bonds. The molecule has 0 rings (SSSR count). The predicted octanol–water partition coefficient (Wildman–Crippen LogP) is 0.483. The molecule has 0 aromatic heterocycles. The van der Waals surface area contributed by atoms with Gasteiger partial charge >= 0.3 is 12.2 Å². The van der Waals surface area contributed by atoms with Gasteiger partial charge in [-0.05, 0) is 20.8 Å². The summed E-state index contributed by atoms with van der Waals surface area (Å²) in [6.07, 6.45) is -1.73. The summed E-state index contributed by atoms with van der Waals surface area (Å²) < 4.78 is 4.97. The van der Waals surface area contributed by atoms with Gasteiger partial charge in [-0.3, -0.25) is 0 Å². The van der Waals surface area contributed by atoms with E-state index in [1.807, 2.05) is 0 Å². The van der Waals surface area contributed by atoms with Crippen LogP contribution in [-0.2, 0) is 4.74 Å². The molecule has 17 heavy (non-hydrogen) atoms. The SMILES string of the molecule is CC(C)(C)OC(=O)NCCN(CCO)C(=O)O. The number of hydrogen-bond donors (Lipinski definition) is 3. The predicted molar refractivity (Wildman–Crippen MR) is 60.9 cm³/mol.